The zero-order chi connectivity index (χ0) is 11.7. The third-order valence-corrected chi connectivity index (χ3v) is 4.55. The Bertz CT molecular complexity index is 242. The first-order valence-corrected chi connectivity index (χ1v) is 6.11. The minimum atomic E-state index is -0.344. The standard InChI is InChI=1S/C13H22O2/c1-5-12(6-2)9-13(7-3,8-4)11(15)10(12)14/h5-9H2,1-4H3. The van der Waals surface area contributed by atoms with Gasteiger partial charge in [-0.3, -0.25) is 9.59 Å². The van der Waals surface area contributed by atoms with Crippen molar-refractivity contribution in [1.29, 1.82) is 0 Å². The van der Waals surface area contributed by atoms with Gasteiger partial charge >= 0.3 is 0 Å². The summed E-state index contributed by atoms with van der Waals surface area (Å²) in [6.07, 6.45) is 3.98. The summed E-state index contributed by atoms with van der Waals surface area (Å²) in [5.41, 5.74) is -0.688. The minimum Gasteiger partial charge on any atom is -0.290 e. The molecule has 0 unspecified atom stereocenters. The number of rotatable bonds is 4. The second-order valence-corrected chi connectivity index (χ2v) is 4.81. The van der Waals surface area contributed by atoms with Gasteiger partial charge in [0.25, 0.3) is 0 Å². The molecule has 1 saturated carbocycles. The molecule has 0 aliphatic heterocycles. The second-order valence-electron chi connectivity index (χ2n) is 4.81. The van der Waals surface area contributed by atoms with Gasteiger partial charge in [0.05, 0.1) is 0 Å². The topological polar surface area (TPSA) is 34.1 Å². The molecule has 0 N–H and O–H groups in total. The Hall–Kier alpha value is -0.660. The first-order valence-electron chi connectivity index (χ1n) is 6.11. The van der Waals surface area contributed by atoms with Crippen molar-refractivity contribution >= 4 is 11.6 Å². The van der Waals surface area contributed by atoms with Gasteiger partial charge in [-0.1, -0.05) is 27.7 Å². The van der Waals surface area contributed by atoms with Gasteiger partial charge in [0.2, 0.25) is 11.6 Å². The molecule has 0 saturated heterocycles. The maximum absolute atomic E-state index is 12.1. The lowest BCUT2D eigenvalue weighted by Crippen LogP contribution is -2.28. The smallest absolute Gasteiger partial charge is 0.205 e. The summed E-state index contributed by atoms with van der Waals surface area (Å²) in [6.45, 7) is 8.10. The van der Waals surface area contributed by atoms with E-state index in [9.17, 15) is 9.59 Å². The van der Waals surface area contributed by atoms with E-state index < -0.39 is 0 Å². The van der Waals surface area contributed by atoms with Crippen molar-refractivity contribution in [2.45, 2.75) is 59.8 Å². The molecule has 1 aliphatic rings. The van der Waals surface area contributed by atoms with Gasteiger partial charge in [-0.2, -0.15) is 0 Å². The van der Waals surface area contributed by atoms with Crippen molar-refractivity contribution in [2.75, 3.05) is 0 Å². The predicted molar refractivity (Wildman–Crippen MR) is 60.7 cm³/mol. The van der Waals surface area contributed by atoms with Crippen molar-refractivity contribution in [3.05, 3.63) is 0 Å². The van der Waals surface area contributed by atoms with Crippen LogP contribution in [0.3, 0.4) is 0 Å². The van der Waals surface area contributed by atoms with Crippen molar-refractivity contribution in [2.24, 2.45) is 10.8 Å². The van der Waals surface area contributed by atoms with Gasteiger partial charge in [-0.05, 0) is 32.1 Å². The van der Waals surface area contributed by atoms with Gasteiger partial charge in [0, 0.05) is 10.8 Å². The second kappa shape index (κ2) is 4.07. The average molecular weight is 210 g/mol. The zero-order valence-corrected chi connectivity index (χ0v) is 10.4. The average Bonchev–Trinajstić information content (AvgIpc) is 2.51. The van der Waals surface area contributed by atoms with Crippen LogP contribution >= 0.6 is 0 Å². The molecular formula is C13H22O2. The summed E-state index contributed by atoms with van der Waals surface area (Å²) >= 11 is 0. The molecule has 0 atom stereocenters. The van der Waals surface area contributed by atoms with Crippen molar-refractivity contribution in [1.82, 2.24) is 0 Å². The summed E-state index contributed by atoms with van der Waals surface area (Å²) in [7, 11) is 0. The van der Waals surface area contributed by atoms with E-state index in [2.05, 4.69) is 0 Å². The molecule has 86 valence electrons. The van der Waals surface area contributed by atoms with Crippen LogP contribution in [0, 0.1) is 10.8 Å². The Morgan fingerprint density at radius 2 is 1.07 bits per heavy atom. The summed E-state index contributed by atoms with van der Waals surface area (Å²) in [5, 5.41) is 0. The van der Waals surface area contributed by atoms with E-state index in [1.807, 2.05) is 27.7 Å². The third kappa shape index (κ3) is 1.54. The van der Waals surface area contributed by atoms with Crippen LogP contribution in [-0.2, 0) is 9.59 Å². The van der Waals surface area contributed by atoms with E-state index in [0.717, 1.165) is 32.1 Å². The maximum atomic E-state index is 12.1. The van der Waals surface area contributed by atoms with E-state index in [-0.39, 0.29) is 22.4 Å². The highest BCUT2D eigenvalue weighted by atomic mass is 16.2. The third-order valence-electron chi connectivity index (χ3n) is 4.55. The number of hydrogen-bond acceptors (Lipinski definition) is 2. The summed E-state index contributed by atoms with van der Waals surface area (Å²) in [5.74, 6) is -0.201. The number of carbonyl (C=O) groups is 2. The lowest BCUT2D eigenvalue weighted by Gasteiger charge is -2.28. The molecule has 0 heterocycles. The molecule has 0 spiro atoms. The summed E-state index contributed by atoms with van der Waals surface area (Å²) in [6, 6.07) is 0. The summed E-state index contributed by atoms with van der Waals surface area (Å²) in [4.78, 5) is 24.1. The quantitative estimate of drug-likeness (QED) is 0.668. The molecule has 0 aromatic carbocycles. The fraction of sp³-hybridized carbons (Fsp3) is 0.846. The highest BCUT2D eigenvalue weighted by Crippen LogP contribution is 2.51. The first kappa shape index (κ1) is 12.4. The van der Waals surface area contributed by atoms with Crippen LogP contribution in [0.5, 0.6) is 0 Å². The van der Waals surface area contributed by atoms with Gasteiger partial charge < -0.3 is 0 Å². The molecule has 1 fully saturated rings. The molecule has 2 heteroatoms. The molecule has 0 radical (unpaired) electrons. The monoisotopic (exact) mass is 210 g/mol. The van der Waals surface area contributed by atoms with Crippen molar-refractivity contribution < 1.29 is 9.59 Å². The zero-order valence-electron chi connectivity index (χ0n) is 10.4. The molecule has 15 heavy (non-hydrogen) atoms. The van der Waals surface area contributed by atoms with E-state index in [1.165, 1.54) is 0 Å². The number of ketones is 2. The normalized spacial score (nSPS) is 23.5. The molecule has 0 aromatic heterocycles. The summed E-state index contributed by atoms with van der Waals surface area (Å²) < 4.78 is 0. The van der Waals surface area contributed by atoms with E-state index in [4.69, 9.17) is 0 Å². The SMILES string of the molecule is CCC1(CC)CC(CC)(CC)C(=O)C1=O. The van der Waals surface area contributed by atoms with E-state index in [0.29, 0.717) is 0 Å². The fourth-order valence-electron chi connectivity index (χ4n) is 2.93. The minimum absolute atomic E-state index is 0.101. The van der Waals surface area contributed by atoms with Gasteiger partial charge in [0.1, 0.15) is 0 Å². The molecular weight excluding hydrogens is 188 g/mol. The largest absolute Gasteiger partial charge is 0.290 e. The molecule has 1 rings (SSSR count). The van der Waals surface area contributed by atoms with Crippen LogP contribution < -0.4 is 0 Å². The Labute approximate surface area is 92.4 Å². The highest BCUT2D eigenvalue weighted by molar-refractivity contribution is 6.43. The first-order chi connectivity index (χ1) is 7.02. The van der Waals surface area contributed by atoms with Crippen LogP contribution in [0.2, 0.25) is 0 Å². The Morgan fingerprint density at radius 1 is 0.800 bits per heavy atom. The lowest BCUT2D eigenvalue weighted by molar-refractivity contribution is -0.141. The van der Waals surface area contributed by atoms with E-state index >= 15 is 0 Å². The fourth-order valence-corrected chi connectivity index (χ4v) is 2.93. The molecule has 0 bridgehead atoms. The number of carbonyl (C=O) groups excluding carboxylic acids is 2. The van der Waals surface area contributed by atoms with E-state index in [1.54, 1.807) is 0 Å². The van der Waals surface area contributed by atoms with Crippen molar-refractivity contribution in [3.63, 3.8) is 0 Å². The van der Waals surface area contributed by atoms with Gasteiger partial charge in [-0.25, -0.2) is 0 Å². The molecule has 2 nitrogen and oxygen atoms in total. The van der Waals surface area contributed by atoms with Crippen LogP contribution in [-0.4, -0.2) is 11.6 Å². The molecule has 0 aromatic rings. The highest BCUT2D eigenvalue weighted by Gasteiger charge is 2.57. The molecule has 1 aliphatic carbocycles. The number of hydrogen-bond donors (Lipinski definition) is 0. The van der Waals surface area contributed by atoms with Crippen LogP contribution in [0.15, 0.2) is 0 Å². The predicted octanol–water partition coefficient (Wildman–Crippen LogP) is 3.14. The van der Waals surface area contributed by atoms with Crippen LogP contribution in [0.1, 0.15) is 59.8 Å². The Kier molecular flexibility index (Phi) is 3.37. The Morgan fingerprint density at radius 3 is 1.20 bits per heavy atom. The maximum Gasteiger partial charge on any atom is 0.205 e. The Balaban J connectivity index is 3.13. The van der Waals surface area contributed by atoms with Crippen molar-refractivity contribution in [3.8, 4) is 0 Å². The lowest BCUT2D eigenvalue weighted by atomic mass is 9.73. The van der Waals surface area contributed by atoms with Gasteiger partial charge in [-0.15, -0.1) is 0 Å². The van der Waals surface area contributed by atoms with Crippen LogP contribution in [0.25, 0.3) is 0 Å². The number of Topliss-reactive ketones (excluding diaryl/α,β-unsaturated/α-hetero) is 2. The van der Waals surface area contributed by atoms with Gasteiger partial charge in [0.15, 0.2) is 0 Å². The van der Waals surface area contributed by atoms with Crippen LogP contribution in [0.4, 0.5) is 0 Å². The molecule has 0 amide bonds.